The largest absolute Gasteiger partial charge is 0.488 e. The molecule has 160 valence electrons. The number of hydrogen-bond donors (Lipinski definition) is 2. The van der Waals surface area contributed by atoms with Crippen molar-refractivity contribution in [3.63, 3.8) is 0 Å². The van der Waals surface area contributed by atoms with Crippen LogP contribution in [0.15, 0.2) is 33.7 Å². The van der Waals surface area contributed by atoms with Gasteiger partial charge in [0.05, 0.1) is 11.0 Å². The van der Waals surface area contributed by atoms with Crippen LogP contribution in [0.3, 0.4) is 0 Å². The monoisotopic (exact) mass is 576 g/mol. The number of aryl methyl sites for hydroxylation is 1. The molecule has 1 aromatic carbocycles. The van der Waals surface area contributed by atoms with Crippen molar-refractivity contribution in [3.8, 4) is 5.75 Å². The molecule has 0 aliphatic heterocycles. The lowest BCUT2D eigenvalue weighted by atomic mass is 10.2. The molecule has 1 aliphatic carbocycles. The number of nitrogens with zero attached hydrogens (tertiary/aromatic N) is 4. The quantitative estimate of drug-likeness (QED) is 0.296. The zero-order valence-corrected chi connectivity index (χ0v) is 21.1. The highest BCUT2D eigenvalue weighted by atomic mass is 127. The Hall–Kier alpha value is -1.36. The molecule has 9 heteroatoms. The van der Waals surface area contributed by atoms with Gasteiger partial charge in [-0.25, -0.2) is 4.99 Å². The van der Waals surface area contributed by atoms with Crippen molar-refractivity contribution in [2.45, 2.75) is 58.2 Å². The van der Waals surface area contributed by atoms with Crippen LogP contribution in [0, 0.1) is 6.92 Å². The van der Waals surface area contributed by atoms with Gasteiger partial charge in [-0.15, -0.1) is 34.2 Å². The van der Waals surface area contributed by atoms with Crippen LogP contribution in [0.2, 0.25) is 0 Å². The topological polar surface area (TPSA) is 76.4 Å². The molecule has 1 heterocycles. The SMILES string of the molecule is Cc1nnc(CN=C(NCC(C)Oc2ccccc2Br)NC2CCCC2)n1C.I. The number of hydrogen-bond acceptors (Lipinski definition) is 4. The van der Waals surface area contributed by atoms with Gasteiger partial charge in [0.15, 0.2) is 11.8 Å². The van der Waals surface area contributed by atoms with Crippen LogP contribution in [0.1, 0.15) is 44.3 Å². The van der Waals surface area contributed by atoms with Gasteiger partial charge in [-0.3, -0.25) is 0 Å². The number of para-hydroxylation sites is 1. The van der Waals surface area contributed by atoms with E-state index in [2.05, 4.69) is 36.8 Å². The first-order chi connectivity index (χ1) is 13.5. The number of rotatable bonds is 7. The van der Waals surface area contributed by atoms with Gasteiger partial charge in [-0.2, -0.15) is 0 Å². The highest BCUT2D eigenvalue weighted by Crippen LogP contribution is 2.24. The van der Waals surface area contributed by atoms with Crippen LogP contribution < -0.4 is 15.4 Å². The lowest BCUT2D eigenvalue weighted by molar-refractivity contribution is 0.222. The van der Waals surface area contributed by atoms with Gasteiger partial charge in [0.2, 0.25) is 0 Å². The van der Waals surface area contributed by atoms with Crippen molar-refractivity contribution in [2.24, 2.45) is 12.0 Å². The third-order valence-electron chi connectivity index (χ3n) is 4.98. The van der Waals surface area contributed by atoms with Crippen LogP contribution in [-0.4, -0.2) is 39.4 Å². The number of benzene rings is 1. The van der Waals surface area contributed by atoms with Gasteiger partial charge in [-0.05, 0) is 54.8 Å². The van der Waals surface area contributed by atoms with E-state index < -0.39 is 0 Å². The van der Waals surface area contributed by atoms with E-state index >= 15 is 0 Å². The Balaban J connectivity index is 0.00000300. The molecule has 1 unspecified atom stereocenters. The van der Waals surface area contributed by atoms with Crippen molar-refractivity contribution in [3.05, 3.63) is 40.4 Å². The first-order valence-electron chi connectivity index (χ1n) is 9.84. The maximum Gasteiger partial charge on any atom is 0.192 e. The lowest BCUT2D eigenvalue weighted by Gasteiger charge is -2.21. The molecular weight excluding hydrogens is 547 g/mol. The Labute approximate surface area is 198 Å². The molecule has 1 fully saturated rings. The van der Waals surface area contributed by atoms with E-state index in [1.807, 2.05) is 49.7 Å². The highest BCUT2D eigenvalue weighted by Gasteiger charge is 2.17. The van der Waals surface area contributed by atoms with Crippen LogP contribution in [0.5, 0.6) is 5.75 Å². The second kappa shape index (κ2) is 11.7. The van der Waals surface area contributed by atoms with Gasteiger partial charge in [0.25, 0.3) is 0 Å². The number of halogens is 2. The minimum absolute atomic E-state index is 0. The lowest BCUT2D eigenvalue weighted by Crippen LogP contribution is -2.45. The first kappa shape index (κ1) is 23.9. The maximum atomic E-state index is 6.03. The van der Waals surface area contributed by atoms with E-state index in [0.717, 1.165) is 27.8 Å². The molecule has 0 spiro atoms. The smallest absolute Gasteiger partial charge is 0.192 e. The summed E-state index contributed by atoms with van der Waals surface area (Å²) < 4.78 is 8.96. The van der Waals surface area contributed by atoms with E-state index in [1.54, 1.807) is 0 Å². The number of nitrogens with one attached hydrogen (secondary N) is 2. The van der Waals surface area contributed by atoms with Gasteiger partial charge in [0, 0.05) is 13.1 Å². The Bertz CT molecular complexity index is 806. The Morgan fingerprint density at radius 3 is 2.69 bits per heavy atom. The standard InChI is InChI=1S/C20H29BrN6O.HI/c1-14(28-18-11-7-6-10-17(18)21)12-22-20(24-16-8-4-5-9-16)23-13-19-26-25-15(2)27(19)3;/h6-7,10-11,14,16H,4-5,8-9,12-13H2,1-3H3,(H2,22,23,24);1H. The normalized spacial score (nSPS) is 15.7. The van der Waals surface area contributed by atoms with Gasteiger partial charge >= 0.3 is 0 Å². The summed E-state index contributed by atoms with van der Waals surface area (Å²) in [7, 11) is 1.96. The summed E-state index contributed by atoms with van der Waals surface area (Å²) in [4.78, 5) is 4.73. The molecule has 0 amide bonds. The summed E-state index contributed by atoms with van der Waals surface area (Å²) in [5, 5.41) is 15.3. The van der Waals surface area contributed by atoms with Crippen LogP contribution in [0.4, 0.5) is 0 Å². The van der Waals surface area contributed by atoms with Crippen LogP contribution >= 0.6 is 39.9 Å². The van der Waals surface area contributed by atoms with Crippen LogP contribution in [-0.2, 0) is 13.6 Å². The van der Waals surface area contributed by atoms with Crippen molar-refractivity contribution in [1.82, 2.24) is 25.4 Å². The Kier molecular flexibility index (Phi) is 9.67. The van der Waals surface area contributed by atoms with Gasteiger partial charge in [-0.1, -0.05) is 25.0 Å². The number of aromatic nitrogens is 3. The molecule has 2 N–H and O–H groups in total. The summed E-state index contributed by atoms with van der Waals surface area (Å²) >= 11 is 3.53. The Morgan fingerprint density at radius 1 is 1.31 bits per heavy atom. The zero-order valence-electron chi connectivity index (χ0n) is 17.2. The fourth-order valence-corrected chi connectivity index (χ4v) is 3.57. The average molecular weight is 577 g/mol. The summed E-state index contributed by atoms with van der Waals surface area (Å²) in [6.07, 6.45) is 4.91. The molecule has 1 saturated carbocycles. The fraction of sp³-hybridized carbons (Fsp3) is 0.550. The third-order valence-corrected chi connectivity index (χ3v) is 5.63. The van der Waals surface area contributed by atoms with E-state index in [0.29, 0.717) is 19.1 Å². The van der Waals surface area contributed by atoms with E-state index in [1.165, 1.54) is 25.7 Å². The second-order valence-electron chi connectivity index (χ2n) is 7.25. The van der Waals surface area contributed by atoms with Crippen molar-refractivity contribution in [2.75, 3.05) is 6.54 Å². The molecular formula is C20H30BrIN6O. The molecule has 2 aromatic rings. The molecule has 29 heavy (non-hydrogen) atoms. The molecule has 3 rings (SSSR count). The van der Waals surface area contributed by atoms with Gasteiger partial charge in [0.1, 0.15) is 24.2 Å². The minimum atomic E-state index is -0.00801. The average Bonchev–Trinajstić information content (AvgIpc) is 3.30. The third kappa shape index (κ3) is 7.13. The molecule has 1 aromatic heterocycles. The number of ether oxygens (including phenoxy) is 1. The predicted molar refractivity (Wildman–Crippen MR) is 130 cm³/mol. The number of guanidine groups is 1. The summed E-state index contributed by atoms with van der Waals surface area (Å²) in [6.45, 7) is 5.12. The molecule has 0 saturated heterocycles. The molecule has 0 bridgehead atoms. The molecule has 0 radical (unpaired) electrons. The van der Waals surface area contributed by atoms with Crippen LogP contribution in [0.25, 0.3) is 0 Å². The summed E-state index contributed by atoms with van der Waals surface area (Å²) in [5.74, 6) is 3.38. The molecule has 1 atom stereocenters. The summed E-state index contributed by atoms with van der Waals surface area (Å²) in [6, 6.07) is 8.37. The van der Waals surface area contributed by atoms with Gasteiger partial charge < -0.3 is 19.9 Å². The maximum absolute atomic E-state index is 6.03. The second-order valence-corrected chi connectivity index (χ2v) is 8.11. The summed E-state index contributed by atoms with van der Waals surface area (Å²) in [5.41, 5.74) is 0. The minimum Gasteiger partial charge on any atom is -0.488 e. The van der Waals surface area contributed by atoms with E-state index in [9.17, 15) is 0 Å². The highest BCUT2D eigenvalue weighted by molar-refractivity contribution is 14.0. The van der Waals surface area contributed by atoms with Crippen molar-refractivity contribution >= 4 is 45.9 Å². The van der Waals surface area contributed by atoms with E-state index in [4.69, 9.17) is 9.73 Å². The Morgan fingerprint density at radius 2 is 2.03 bits per heavy atom. The zero-order chi connectivity index (χ0) is 19.9. The predicted octanol–water partition coefficient (Wildman–Crippen LogP) is 3.95. The van der Waals surface area contributed by atoms with Crippen molar-refractivity contribution < 1.29 is 4.74 Å². The molecule has 7 nitrogen and oxygen atoms in total. The molecule has 1 aliphatic rings. The number of aliphatic imine (C=N–C) groups is 1. The van der Waals surface area contributed by atoms with Crippen molar-refractivity contribution in [1.29, 1.82) is 0 Å². The fourth-order valence-electron chi connectivity index (χ4n) is 3.19. The first-order valence-corrected chi connectivity index (χ1v) is 10.6. The van der Waals surface area contributed by atoms with E-state index in [-0.39, 0.29) is 30.1 Å².